The average molecular weight is 485 g/mol. The molecule has 2 aromatic carbocycles. The molecule has 2 amide bonds. The maximum absolute atomic E-state index is 12.7. The van der Waals surface area contributed by atoms with Crippen LogP contribution < -0.4 is 10.6 Å². The fourth-order valence-corrected chi connectivity index (χ4v) is 5.11. The Bertz CT molecular complexity index is 980. The van der Waals surface area contributed by atoms with Crippen LogP contribution in [-0.2, 0) is 14.3 Å². The lowest BCUT2D eigenvalue weighted by molar-refractivity contribution is -0.134. The molecular formula is C26H32N2O5S. The summed E-state index contributed by atoms with van der Waals surface area (Å²) in [4.78, 5) is 35.9. The molecule has 0 bridgehead atoms. The molecule has 3 rings (SSSR count). The molecule has 0 aliphatic heterocycles. The minimum Gasteiger partial charge on any atom is -0.481 e. The van der Waals surface area contributed by atoms with Gasteiger partial charge in [0.25, 0.3) is 0 Å². The van der Waals surface area contributed by atoms with Gasteiger partial charge in [0.1, 0.15) is 6.61 Å². The Balaban J connectivity index is 1.54. The number of carboxylic acids is 1. The third kappa shape index (κ3) is 6.32. The quantitative estimate of drug-likeness (QED) is 0.415. The molecule has 0 heterocycles. The van der Waals surface area contributed by atoms with Gasteiger partial charge in [0.15, 0.2) is 0 Å². The number of nitrogens with one attached hydrogen (secondary N) is 2. The van der Waals surface area contributed by atoms with E-state index in [-0.39, 0.29) is 30.1 Å². The summed E-state index contributed by atoms with van der Waals surface area (Å²) in [5.74, 6) is -1.00. The van der Waals surface area contributed by atoms with Crippen LogP contribution in [0.25, 0.3) is 11.1 Å². The van der Waals surface area contributed by atoms with Gasteiger partial charge < -0.3 is 20.5 Å². The third-order valence-electron chi connectivity index (χ3n) is 6.02. The summed E-state index contributed by atoms with van der Waals surface area (Å²) >= 11 is 1.25. The molecule has 0 radical (unpaired) electrons. The SMILES string of the molecule is CC(C)C(C(=O)NCCSCC(=O)O)C(C)NC(=O)OCC1c2ccccc2-c2ccccc21. The monoisotopic (exact) mass is 484 g/mol. The van der Waals surface area contributed by atoms with Crippen LogP contribution in [0, 0.1) is 11.8 Å². The number of benzene rings is 2. The Morgan fingerprint density at radius 2 is 1.59 bits per heavy atom. The lowest BCUT2D eigenvalue weighted by Gasteiger charge is -2.27. The first-order valence-corrected chi connectivity index (χ1v) is 12.6. The second-order valence-corrected chi connectivity index (χ2v) is 9.87. The van der Waals surface area contributed by atoms with Crippen LogP contribution in [0.2, 0.25) is 0 Å². The molecular weight excluding hydrogens is 452 g/mol. The van der Waals surface area contributed by atoms with Crippen LogP contribution in [-0.4, -0.2) is 53.8 Å². The van der Waals surface area contributed by atoms with Crippen molar-refractivity contribution >= 4 is 29.7 Å². The van der Waals surface area contributed by atoms with Crippen molar-refractivity contribution in [1.82, 2.24) is 10.6 Å². The van der Waals surface area contributed by atoms with E-state index in [2.05, 4.69) is 34.9 Å². The Hall–Kier alpha value is -3.00. The number of hydrogen-bond donors (Lipinski definition) is 3. The van der Waals surface area contributed by atoms with Gasteiger partial charge in [-0.3, -0.25) is 9.59 Å². The highest BCUT2D eigenvalue weighted by molar-refractivity contribution is 7.99. The van der Waals surface area contributed by atoms with E-state index in [1.807, 2.05) is 38.1 Å². The number of hydrogen-bond acceptors (Lipinski definition) is 5. The molecule has 2 aromatic rings. The highest BCUT2D eigenvalue weighted by Crippen LogP contribution is 2.44. The number of rotatable bonds is 11. The third-order valence-corrected chi connectivity index (χ3v) is 6.96. The number of fused-ring (bicyclic) bond motifs is 3. The van der Waals surface area contributed by atoms with Crippen molar-refractivity contribution in [2.75, 3.05) is 24.7 Å². The molecule has 8 heteroatoms. The average Bonchev–Trinajstić information content (AvgIpc) is 3.11. The van der Waals surface area contributed by atoms with Crippen LogP contribution in [0.4, 0.5) is 4.79 Å². The minimum atomic E-state index is -0.878. The molecule has 2 atom stereocenters. The molecule has 0 aromatic heterocycles. The Morgan fingerprint density at radius 1 is 1.00 bits per heavy atom. The van der Waals surface area contributed by atoms with Crippen molar-refractivity contribution in [3.05, 3.63) is 59.7 Å². The van der Waals surface area contributed by atoms with Crippen LogP contribution in [0.15, 0.2) is 48.5 Å². The normalized spacial score (nSPS) is 14.1. The van der Waals surface area contributed by atoms with Gasteiger partial charge in [-0.15, -0.1) is 11.8 Å². The van der Waals surface area contributed by atoms with E-state index in [1.165, 1.54) is 22.9 Å². The summed E-state index contributed by atoms with van der Waals surface area (Å²) in [6.45, 7) is 6.24. The smallest absolute Gasteiger partial charge is 0.407 e. The molecule has 0 spiro atoms. The molecule has 3 N–H and O–H groups in total. The van der Waals surface area contributed by atoms with Gasteiger partial charge >= 0.3 is 12.1 Å². The first-order chi connectivity index (χ1) is 16.3. The zero-order chi connectivity index (χ0) is 24.7. The summed E-state index contributed by atoms with van der Waals surface area (Å²) in [7, 11) is 0. The summed E-state index contributed by atoms with van der Waals surface area (Å²) in [6.07, 6.45) is -0.551. The second kappa shape index (κ2) is 11.9. The summed E-state index contributed by atoms with van der Waals surface area (Å²) < 4.78 is 5.61. The Kier molecular flexibility index (Phi) is 8.98. The summed E-state index contributed by atoms with van der Waals surface area (Å²) in [5, 5.41) is 14.4. The Morgan fingerprint density at radius 3 is 2.15 bits per heavy atom. The lowest BCUT2D eigenvalue weighted by Crippen LogP contribution is -2.48. The first-order valence-electron chi connectivity index (χ1n) is 11.5. The molecule has 1 aliphatic carbocycles. The standard InChI is InChI=1S/C26H32N2O5S/c1-16(2)24(25(31)27-12-13-34-15-23(29)30)17(3)28-26(32)33-14-22-20-10-6-4-8-18(20)19-9-5-7-11-21(19)22/h4-11,16-17,22,24H,12-15H2,1-3H3,(H,27,31)(H,28,32)(H,29,30). The highest BCUT2D eigenvalue weighted by Gasteiger charge is 2.31. The number of carboxylic acid groups (broad SMARTS) is 1. The fraction of sp³-hybridized carbons (Fsp3) is 0.423. The molecule has 1 aliphatic rings. The minimum absolute atomic E-state index is 0.00320. The highest BCUT2D eigenvalue weighted by atomic mass is 32.2. The number of alkyl carbamates (subject to hydrolysis) is 1. The zero-order valence-electron chi connectivity index (χ0n) is 19.7. The van der Waals surface area contributed by atoms with E-state index < -0.39 is 24.0 Å². The number of amides is 2. The van der Waals surface area contributed by atoms with Crippen LogP contribution in [0.3, 0.4) is 0 Å². The molecule has 2 unspecified atom stereocenters. The van der Waals surface area contributed by atoms with Crippen LogP contribution >= 0.6 is 11.8 Å². The molecule has 182 valence electrons. The molecule has 0 fully saturated rings. The van der Waals surface area contributed by atoms with Gasteiger partial charge in [-0.1, -0.05) is 62.4 Å². The number of carbonyl (C=O) groups excluding carboxylic acids is 2. The predicted molar refractivity (Wildman–Crippen MR) is 134 cm³/mol. The fourth-order valence-electron chi connectivity index (χ4n) is 4.55. The van der Waals surface area contributed by atoms with E-state index in [0.29, 0.717) is 12.3 Å². The number of carbonyl (C=O) groups is 3. The Labute approximate surface area is 204 Å². The van der Waals surface area contributed by atoms with Gasteiger partial charge in [-0.25, -0.2) is 4.79 Å². The van der Waals surface area contributed by atoms with Gasteiger partial charge in [-0.05, 0) is 35.1 Å². The van der Waals surface area contributed by atoms with Crippen molar-refractivity contribution < 1.29 is 24.2 Å². The summed E-state index contributed by atoms with van der Waals surface area (Å²) in [6, 6.07) is 15.9. The van der Waals surface area contributed by atoms with E-state index in [4.69, 9.17) is 9.84 Å². The van der Waals surface area contributed by atoms with Crippen molar-refractivity contribution in [3.63, 3.8) is 0 Å². The number of ether oxygens (including phenoxy) is 1. The van der Waals surface area contributed by atoms with E-state index in [1.54, 1.807) is 6.92 Å². The van der Waals surface area contributed by atoms with Crippen molar-refractivity contribution in [2.24, 2.45) is 11.8 Å². The predicted octanol–water partition coefficient (Wildman–Crippen LogP) is 4.12. The topological polar surface area (TPSA) is 105 Å². The van der Waals surface area contributed by atoms with Crippen molar-refractivity contribution in [1.29, 1.82) is 0 Å². The van der Waals surface area contributed by atoms with Gasteiger partial charge in [0, 0.05) is 24.3 Å². The van der Waals surface area contributed by atoms with Crippen molar-refractivity contribution in [2.45, 2.75) is 32.7 Å². The molecule has 7 nitrogen and oxygen atoms in total. The first kappa shape index (κ1) is 25.6. The van der Waals surface area contributed by atoms with E-state index in [0.717, 1.165) is 11.1 Å². The molecule has 34 heavy (non-hydrogen) atoms. The van der Waals surface area contributed by atoms with Gasteiger partial charge in [0.2, 0.25) is 5.91 Å². The lowest BCUT2D eigenvalue weighted by atomic mass is 9.88. The second-order valence-electron chi connectivity index (χ2n) is 8.77. The van der Waals surface area contributed by atoms with E-state index in [9.17, 15) is 14.4 Å². The van der Waals surface area contributed by atoms with Gasteiger partial charge in [-0.2, -0.15) is 0 Å². The number of thioether (sulfide) groups is 1. The number of aliphatic carboxylic acids is 1. The summed E-state index contributed by atoms with van der Waals surface area (Å²) in [5.41, 5.74) is 4.62. The maximum Gasteiger partial charge on any atom is 0.407 e. The molecule has 0 saturated heterocycles. The van der Waals surface area contributed by atoms with E-state index >= 15 is 0 Å². The van der Waals surface area contributed by atoms with Crippen LogP contribution in [0.1, 0.15) is 37.8 Å². The van der Waals surface area contributed by atoms with Crippen LogP contribution in [0.5, 0.6) is 0 Å². The van der Waals surface area contributed by atoms with Crippen molar-refractivity contribution in [3.8, 4) is 11.1 Å². The van der Waals surface area contributed by atoms with Gasteiger partial charge in [0.05, 0.1) is 11.7 Å². The zero-order valence-corrected chi connectivity index (χ0v) is 20.6. The maximum atomic E-state index is 12.7. The largest absolute Gasteiger partial charge is 0.481 e. The molecule has 0 saturated carbocycles.